The first-order valence-electron chi connectivity index (χ1n) is 4.43. The van der Waals surface area contributed by atoms with Gasteiger partial charge in [0.25, 0.3) is 0 Å². The Kier molecular flexibility index (Phi) is 2.38. The van der Waals surface area contributed by atoms with Gasteiger partial charge < -0.3 is 9.72 Å². The highest BCUT2D eigenvalue weighted by Gasteiger charge is 2.07. The summed E-state index contributed by atoms with van der Waals surface area (Å²) in [5.41, 5.74) is 1.68. The van der Waals surface area contributed by atoms with E-state index in [0.29, 0.717) is 5.82 Å². The van der Waals surface area contributed by atoms with E-state index in [0.717, 1.165) is 17.0 Å². The number of aromatic nitrogens is 2. The summed E-state index contributed by atoms with van der Waals surface area (Å²) in [5, 5.41) is 8.65. The standard InChI is InChI=1S/C11H9N3O/c1-15-10-5-3-2-4-8(10)9-7-13-11(6-12)14-9/h2-5,7H,1H3,(H,13,14). The molecule has 0 amide bonds. The number of para-hydroxylation sites is 1. The van der Waals surface area contributed by atoms with Gasteiger partial charge in [0.15, 0.2) is 0 Å². The fourth-order valence-electron chi connectivity index (χ4n) is 1.38. The maximum Gasteiger partial charge on any atom is 0.210 e. The molecule has 0 unspecified atom stereocenters. The second-order valence-electron chi connectivity index (χ2n) is 2.96. The Morgan fingerprint density at radius 2 is 2.20 bits per heavy atom. The normalized spacial score (nSPS) is 9.60. The summed E-state index contributed by atoms with van der Waals surface area (Å²) < 4.78 is 5.21. The molecule has 2 aromatic rings. The van der Waals surface area contributed by atoms with E-state index in [1.807, 2.05) is 30.3 Å². The number of methoxy groups -OCH3 is 1. The van der Waals surface area contributed by atoms with Crippen LogP contribution in [-0.4, -0.2) is 17.1 Å². The molecule has 1 aromatic heterocycles. The molecule has 1 N–H and O–H groups in total. The van der Waals surface area contributed by atoms with Crippen LogP contribution in [0.15, 0.2) is 30.5 Å². The molecule has 74 valence electrons. The number of ether oxygens (including phenoxy) is 1. The zero-order valence-electron chi connectivity index (χ0n) is 8.19. The number of nitrogens with zero attached hydrogens (tertiary/aromatic N) is 2. The van der Waals surface area contributed by atoms with Crippen LogP contribution in [0.5, 0.6) is 5.75 Å². The largest absolute Gasteiger partial charge is 0.496 e. The average molecular weight is 199 g/mol. The van der Waals surface area contributed by atoms with Gasteiger partial charge in [-0.3, -0.25) is 0 Å². The highest BCUT2D eigenvalue weighted by molar-refractivity contribution is 5.66. The highest BCUT2D eigenvalue weighted by atomic mass is 16.5. The lowest BCUT2D eigenvalue weighted by molar-refractivity contribution is 0.416. The third-order valence-corrected chi connectivity index (χ3v) is 2.08. The molecule has 4 heteroatoms. The fraction of sp³-hybridized carbons (Fsp3) is 0.0909. The van der Waals surface area contributed by atoms with Gasteiger partial charge in [-0.1, -0.05) is 12.1 Å². The minimum atomic E-state index is 0.302. The van der Waals surface area contributed by atoms with Gasteiger partial charge in [-0.05, 0) is 12.1 Å². The first-order valence-corrected chi connectivity index (χ1v) is 4.43. The summed E-state index contributed by atoms with van der Waals surface area (Å²) >= 11 is 0. The second-order valence-corrected chi connectivity index (χ2v) is 2.96. The Bertz CT molecular complexity index is 511. The summed E-state index contributed by atoms with van der Waals surface area (Å²) in [7, 11) is 1.61. The van der Waals surface area contributed by atoms with Crippen LogP contribution in [0.25, 0.3) is 11.3 Å². The van der Waals surface area contributed by atoms with Crippen molar-refractivity contribution in [2.24, 2.45) is 0 Å². The number of hydrogen-bond donors (Lipinski definition) is 1. The minimum absolute atomic E-state index is 0.302. The van der Waals surface area contributed by atoms with Crippen molar-refractivity contribution in [2.75, 3.05) is 7.11 Å². The zero-order valence-corrected chi connectivity index (χ0v) is 8.19. The van der Waals surface area contributed by atoms with Gasteiger partial charge in [-0.2, -0.15) is 5.26 Å². The predicted molar refractivity (Wildman–Crippen MR) is 55.3 cm³/mol. The molecule has 1 aromatic carbocycles. The minimum Gasteiger partial charge on any atom is -0.496 e. The predicted octanol–water partition coefficient (Wildman–Crippen LogP) is 1.96. The third-order valence-electron chi connectivity index (χ3n) is 2.08. The van der Waals surface area contributed by atoms with Crippen LogP contribution in [0.3, 0.4) is 0 Å². The molecule has 0 spiro atoms. The lowest BCUT2D eigenvalue weighted by Crippen LogP contribution is -1.87. The number of nitriles is 1. The van der Waals surface area contributed by atoms with Crippen LogP contribution in [0.2, 0.25) is 0 Å². The molecule has 0 bridgehead atoms. The van der Waals surface area contributed by atoms with Crippen molar-refractivity contribution in [1.29, 1.82) is 5.26 Å². The summed E-state index contributed by atoms with van der Waals surface area (Å²) in [5.74, 6) is 1.06. The Balaban J connectivity index is 2.49. The van der Waals surface area contributed by atoms with Gasteiger partial charge in [0.05, 0.1) is 19.0 Å². The average Bonchev–Trinajstić information content (AvgIpc) is 2.77. The van der Waals surface area contributed by atoms with Crippen molar-refractivity contribution in [1.82, 2.24) is 9.97 Å². The molecule has 0 aliphatic heterocycles. The van der Waals surface area contributed by atoms with E-state index in [-0.39, 0.29) is 0 Å². The zero-order chi connectivity index (χ0) is 10.7. The van der Waals surface area contributed by atoms with Gasteiger partial charge in [0.2, 0.25) is 5.82 Å². The van der Waals surface area contributed by atoms with Crippen LogP contribution in [0, 0.1) is 11.3 Å². The van der Waals surface area contributed by atoms with E-state index in [9.17, 15) is 0 Å². The van der Waals surface area contributed by atoms with Gasteiger partial charge in [-0.15, -0.1) is 0 Å². The van der Waals surface area contributed by atoms with Crippen molar-refractivity contribution in [3.8, 4) is 23.1 Å². The van der Waals surface area contributed by atoms with Crippen LogP contribution in [0.1, 0.15) is 5.82 Å². The SMILES string of the molecule is COc1ccccc1-c1cnc(C#N)[nH]1. The first kappa shape index (κ1) is 9.28. The molecule has 0 aliphatic rings. The maximum atomic E-state index is 8.65. The Morgan fingerprint density at radius 1 is 1.40 bits per heavy atom. The maximum absolute atomic E-state index is 8.65. The van der Waals surface area contributed by atoms with Gasteiger partial charge >= 0.3 is 0 Å². The van der Waals surface area contributed by atoms with E-state index in [1.54, 1.807) is 13.3 Å². The van der Waals surface area contributed by atoms with Crippen molar-refractivity contribution in [3.63, 3.8) is 0 Å². The lowest BCUT2D eigenvalue weighted by atomic mass is 10.1. The number of benzene rings is 1. The molecule has 1 heterocycles. The smallest absolute Gasteiger partial charge is 0.210 e. The molecular weight excluding hydrogens is 190 g/mol. The Labute approximate surface area is 87.2 Å². The van der Waals surface area contributed by atoms with E-state index < -0.39 is 0 Å². The van der Waals surface area contributed by atoms with Crippen LogP contribution in [0.4, 0.5) is 0 Å². The lowest BCUT2D eigenvalue weighted by Gasteiger charge is -2.04. The molecule has 0 atom stereocenters. The highest BCUT2D eigenvalue weighted by Crippen LogP contribution is 2.27. The Morgan fingerprint density at radius 3 is 2.87 bits per heavy atom. The number of imidazole rings is 1. The second kappa shape index (κ2) is 3.84. The van der Waals surface area contributed by atoms with Crippen molar-refractivity contribution in [3.05, 3.63) is 36.3 Å². The van der Waals surface area contributed by atoms with Crippen LogP contribution >= 0.6 is 0 Å². The summed E-state index contributed by atoms with van der Waals surface area (Å²) in [6, 6.07) is 9.52. The molecule has 0 fully saturated rings. The molecule has 15 heavy (non-hydrogen) atoms. The van der Waals surface area contributed by atoms with Gasteiger partial charge in [0.1, 0.15) is 11.8 Å². The fourth-order valence-corrected chi connectivity index (χ4v) is 1.38. The van der Waals surface area contributed by atoms with Crippen LogP contribution in [-0.2, 0) is 0 Å². The third kappa shape index (κ3) is 1.67. The topological polar surface area (TPSA) is 61.7 Å². The molecule has 4 nitrogen and oxygen atoms in total. The summed E-state index contributed by atoms with van der Waals surface area (Å²) in [6.45, 7) is 0. The van der Waals surface area contributed by atoms with Crippen LogP contribution < -0.4 is 4.74 Å². The summed E-state index contributed by atoms with van der Waals surface area (Å²) in [4.78, 5) is 6.82. The molecule has 0 aliphatic carbocycles. The number of hydrogen-bond acceptors (Lipinski definition) is 3. The monoisotopic (exact) mass is 199 g/mol. The number of aromatic amines is 1. The molecular formula is C11H9N3O. The molecule has 2 rings (SSSR count). The van der Waals surface area contributed by atoms with Crippen molar-refractivity contribution >= 4 is 0 Å². The molecule has 0 saturated heterocycles. The van der Waals surface area contributed by atoms with Gasteiger partial charge in [-0.25, -0.2) is 4.98 Å². The van der Waals surface area contributed by atoms with E-state index in [4.69, 9.17) is 10.00 Å². The van der Waals surface area contributed by atoms with Crippen molar-refractivity contribution < 1.29 is 4.74 Å². The Hall–Kier alpha value is -2.28. The number of nitrogens with one attached hydrogen (secondary N) is 1. The molecule has 0 saturated carbocycles. The number of rotatable bonds is 2. The van der Waals surface area contributed by atoms with Gasteiger partial charge in [0, 0.05) is 5.56 Å². The summed E-state index contributed by atoms with van der Waals surface area (Å²) in [6.07, 6.45) is 1.62. The quantitative estimate of drug-likeness (QED) is 0.804. The van der Waals surface area contributed by atoms with E-state index >= 15 is 0 Å². The first-order chi connectivity index (χ1) is 7.35. The molecule has 0 radical (unpaired) electrons. The van der Waals surface area contributed by atoms with E-state index in [1.165, 1.54) is 0 Å². The number of H-pyrrole nitrogens is 1. The van der Waals surface area contributed by atoms with Crippen molar-refractivity contribution in [2.45, 2.75) is 0 Å². The van der Waals surface area contributed by atoms with E-state index in [2.05, 4.69) is 9.97 Å².